The minimum Gasteiger partial charge on any atom is -0.335 e. The number of amides is 2. The summed E-state index contributed by atoms with van der Waals surface area (Å²) < 4.78 is 16.5. The summed E-state index contributed by atoms with van der Waals surface area (Å²) in [6.45, 7) is 5.70. The van der Waals surface area contributed by atoms with Gasteiger partial charge in [0.2, 0.25) is 0 Å². The number of fused-ring (bicyclic) bond motifs is 1. The van der Waals surface area contributed by atoms with Crippen LogP contribution in [0.1, 0.15) is 44.5 Å². The summed E-state index contributed by atoms with van der Waals surface area (Å²) in [6, 6.07) is 5.83. The number of benzene rings is 1. The third-order valence-corrected chi connectivity index (χ3v) is 5.01. The van der Waals surface area contributed by atoms with Crippen molar-refractivity contribution in [3.05, 3.63) is 52.0 Å². The Morgan fingerprint density at radius 2 is 2.18 bits per heavy atom. The number of hydrogen-bond donors (Lipinski definition) is 2. The van der Waals surface area contributed by atoms with Crippen LogP contribution in [0.25, 0.3) is 0 Å². The molecular weight excluding hydrogens is 361 g/mol. The van der Waals surface area contributed by atoms with Gasteiger partial charge in [0.25, 0.3) is 0 Å². The van der Waals surface area contributed by atoms with Gasteiger partial charge >= 0.3 is 11.7 Å². The second-order valence-electron chi connectivity index (χ2n) is 7.74. The largest absolute Gasteiger partial charge is 0.345 e. The minimum absolute atomic E-state index is 0.0299. The van der Waals surface area contributed by atoms with E-state index in [9.17, 15) is 14.0 Å². The molecule has 7 nitrogen and oxygen atoms in total. The summed E-state index contributed by atoms with van der Waals surface area (Å²) in [5.74, 6) is 0.989. The van der Waals surface area contributed by atoms with Crippen LogP contribution in [0.4, 0.5) is 9.18 Å². The van der Waals surface area contributed by atoms with Crippen LogP contribution in [0.5, 0.6) is 0 Å². The zero-order valence-corrected chi connectivity index (χ0v) is 16.4. The molecule has 2 amide bonds. The van der Waals surface area contributed by atoms with Crippen molar-refractivity contribution in [1.82, 2.24) is 25.0 Å². The fourth-order valence-corrected chi connectivity index (χ4v) is 3.36. The van der Waals surface area contributed by atoms with E-state index >= 15 is 0 Å². The summed E-state index contributed by atoms with van der Waals surface area (Å²) in [5, 5.41) is 10.2. The molecule has 0 aliphatic carbocycles. The van der Waals surface area contributed by atoms with Crippen LogP contribution >= 0.6 is 0 Å². The first-order valence-corrected chi connectivity index (χ1v) is 9.87. The van der Waals surface area contributed by atoms with Crippen LogP contribution in [-0.4, -0.2) is 26.4 Å². The normalized spacial score (nSPS) is 16.5. The molecule has 1 unspecified atom stereocenters. The van der Waals surface area contributed by atoms with Gasteiger partial charge in [-0.1, -0.05) is 26.0 Å². The summed E-state index contributed by atoms with van der Waals surface area (Å²) in [6.07, 6.45) is 2.98. The molecular formula is C20H28FN5O2. The lowest BCUT2D eigenvalue weighted by molar-refractivity contribution is 0.235. The molecule has 2 N–H and O–H groups in total. The molecule has 0 bridgehead atoms. The van der Waals surface area contributed by atoms with E-state index < -0.39 is 0 Å². The number of urea groups is 1. The Balaban J connectivity index is 1.51. The van der Waals surface area contributed by atoms with E-state index in [1.165, 1.54) is 12.1 Å². The zero-order valence-electron chi connectivity index (χ0n) is 16.4. The predicted molar refractivity (Wildman–Crippen MR) is 104 cm³/mol. The Morgan fingerprint density at radius 1 is 1.36 bits per heavy atom. The highest BCUT2D eigenvalue weighted by atomic mass is 19.1. The Labute approximate surface area is 163 Å². The van der Waals surface area contributed by atoms with Crippen LogP contribution in [0.2, 0.25) is 0 Å². The Morgan fingerprint density at radius 3 is 2.93 bits per heavy atom. The van der Waals surface area contributed by atoms with Crippen molar-refractivity contribution in [2.24, 2.45) is 5.92 Å². The smallest absolute Gasteiger partial charge is 0.335 e. The van der Waals surface area contributed by atoms with Crippen LogP contribution in [-0.2, 0) is 26.1 Å². The lowest BCUT2D eigenvalue weighted by Gasteiger charge is -2.16. The molecule has 28 heavy (non-hydrogen) atoms. The van der Waals surface area contributed by atoms with Crippen molar-refractivity contribution < 1.29 is 9.18 Å². The van der Waals surface area contributed by atoms with Crippen molar-refractivity contribution in [2.45, 2.75) is 65.2 Å². The van der Waals surface area contributed by atoms with Gasteiger partial charge in [0.05, 0.1) is 0 Å². The van der Waals surface area contributed by atoms with Gasteiger partial charge in [0, 0.05) is 32.1 Å². The number of aromatic nitrogens is 3. The number of hydrogen-bond acceptors (Lipinski definition) is 3. The molecule has 3 rings (SSSR count). The second kappa shape index (κ2) is 9.03. The molecule has 0 fully saturated rings. The first-order chi connectivity index (χ1) is 13.4. The van der Waals surface area contributed by atoms with E-state index in [1.54, 1.807) is 21.4 Å². The average molecular weight is 389 g/mol. The number of nitrogens with zero attached hydrogens (tertiary/aromatic N) is 3. The highest BCUT2D eigenvalue weighted by Crippen LogP contribution is 2.12. The van der Waals surface area contributed by atoms with Gasteiger partial charge in [-0.25, -0.2) is 18.7 Å². The van der Waals surface area contributed by atoms with Crippen molar-refractivity contribution in [2.75, 3.05) is 0 Å². The topological polar surface area (TPSA) is 81.0 Å². The van der Waals surface area contributed by atoms with Gasteiger partial charge < -0.3 is 10.6 Å². The molecule has 1 aromatic heterocycles. The highest BCUT2D eigenvalue weighted by molar-refractivity contribution is 5.74. The highest BCUT2D eigenvalue weighted by Gasteiger charge is 2.22. The van der Waals surface area contributed by atoms with E-state index in [0.717, 1.165) is 18.7 Å². The van der Waals surface area contributed by atoms with Crippen LogP contribution in [0, 0.1) is 11.7 Å². The minimum atomic E-state index is -0.322. The van der Waals surface area contributed by atoms with Crippen molar-refractivity contribution in [1.29, 1.82) is 0 Å². The molecule has 8 heteroatoms. The van der Waals surface area contributed by atoms with E-state index in [-0.39, 0.29) is 30.1 Å². The van der Waals surface area contributed by atoms with Gasteiger partial charge in [-0.3, -0.25) is 4.57 Å². The fourth-order valence-electron chi connectivity index (χ4n) is 3.36. The fraction of sp³-hybridized carbons (Fsp3) is 0.550. The molecule has 0 radical (unpaired) electrons. The van der Waals surface area contributed by atoms with Crippen molar-refractivity contribution >= 4 is 6.03 Å². The van der Waals surface area contributed by atoms with Crippen LogP contribution in [0.3, 0.4) is 0 Å². The van der Waals surface area contributed by atoms with E-state index in [0.29, 0.717) is 37.4 Å². The third-order valence-electron chi connectivity index (χ3n) is 5.01. The molecule has 0 saturated heterocycles. The maximum Gasteiger partial charge on any atom is 0.345 e. The first-order valence-electron chi connectivity index (χ1n) is 9.87. The van der Waals surface area contributed by atoms with E-state index in [4.69, 9.17) is 0 Å². The Kier molecular flexibility index (Phi) is 6.49. The summed E-state index contributed by atoms with van der Waals surface area (Å²) >= 11 is 0. The van der Waals surface area contributed by atoms with Gasteiger partial charge in [-0.05, 0) is 42.9 Å². The predicted octanol–water partition coefficient (Wildman–Crippen LogP) is 2.43. The molecule has 1 aliphatic heterocycles. The van der Waals surface area contributed by atoms with Gasteiger partial charge in [-0.15, -0.1) is 0 Å². The number of carbonyl (C=O) groups excluding carboxylic acids is 1. The van der Waals surface area contributed by atoms with Crippen LogP contribution < -0.4 is 16.3 Å². The molecule has 152 valence electrons. The second-order valence-corrected chi connectivity index (χ2v) is 7.74. The number of halogens is 1. The molecule has 1 aromatic carbocycles. The number of aryl methyl sites for hydroxylation is 2. The molecule has 1 aliphatic rings. The molecule has 1 atom stereocenters. The van der Waals surface area contributed by atoms with Crippen LogP contribution in [0.15, 0.2) is 29.1 Å². The van der Waals surface area contributed by atoms with Gasteiger partial charge in [0.1, 0.15) is 11.6 Å². The molecule has 2 heterocycles. The third kappa shape index (κ3) is 5.21. The maximum atomic E-state index is 13.2. The summed E-state index contributed by atoms with van der Waals surface area (Å²) in [7, 11) is 0. The Bertz CT molecular complexity index is 874. The van der Waals surface area contributed by atoms with Gasteiger partial charge in [-0.2, -0.15) is 5.10 Å². The Hall–Kier alpha value is -2.64. The van der Waals surface area contributed by atoms with Gasteiger partial charge in [0.15, 0.2) is 0 Å². The van der Waals surface area contributed by atoms with E-state index in [1.807, 2.05) is 0 Å². The SMILES string of the molecule is CC(C)CCn1nc2n(c1=O)CCC(NC(=O)NCc1cccc(F)c1)CC2. The molecule has 2 aromatic rings. The standard InChI is InChI=1S/C20H28FN5O2/c1-14(2)8-11-26-20(28)25-10-9-17(6-7-18(25)24-26)23-19(27)22-13-15-4-3-5-16(21)12-15/h3-5,12,14,17H,6-11,13H2,1-2H3,(H2,22,23,27). The van der Waals surface area contributed by atoms with Crippen molar-refractivity contribution in [3.63, 3.8) is 0 Å². The monoisotopic (exact) mass is 389 g/mol. The van der Waals surface area contributed by atoms with Crippen molar-refractivity contribution in [3.8, 4) is 0 Å². The lowest BCUT2D eigenvalue weighted by Crippen LogP contribution is -2.42. The quantitative estimate of drug-likeness (QED) is 0.796. The van der Waals surface area contributed by atoms with E-state index in [2.05, 4.69) is 29.6 Å². The number of carbonyl (C=O) groups is 1. The summed E-state index contributed by atoms with van der Waals surface area (Å²) in [4.78, 5) is 24.7. The average Bonchev–Trinajstić information content (AvgIpc) is 2.82. The lowest BCUT2D eigenvalue weighted by atomic mass is 10.1. The number of rotatable bonds is 6. The number of nitrogens with one attached hydrogen (secondary N) is 2. The molecule has 0 saturated carbocycles. The molecule has 0 spiro atoms. The summed E-state index contributed by atoms with van der Waals surface area (Å²) in [5.41, 5.74) is 0.643. The first kappa shape index (κ1) is 20.1. The zero-order chi connectivity index (χ0) is 20.1. The maximum absolute atomic E-state index is 13.2.